The lowest BCUT2D eigenvalue weighted by Crippen LogP contribution is -2.63. The van der Waals surface area contributed by atoms with Gasteiger partial charge in [0.25, 0.3) is 0 Å². The van der Waals surface area contributed by atoms with Gasteiger partial charge in [-0.05, 0) is 32.4 Å². The lowest BCUT2D eigenvalue weighted by Gasteiger charge is -2.45. The summed E-state index contributed by atoms with van der Waals surface area (Å²) in [6.07, 6.45) is 5.05. The predicted octanol–water partition coefficient (Wildman–Crippen LogP) is -0.367. The Labute approximate surface area is 92.0 Å². The van der Waals surface area contributed by atoms with E-state index in [1.54, 1.807) is 0 Å². The van der Waals surface area contributed by atoms with Crippen LogP contribution in [-0.4, -0.2) is 61.4 Å². The molecule has 3 rings (SSSR count). The first kappa shape index (κ1) is 10.0. The Morgan fingerprint density at radius 1 is 0.733 bits per heavy atom. The van der Waals surface area contributed by atoms with Crippen LogP contribution in [0.15, 0.2) is 0 Å². The second-order valence-electron chi connectivity index (χ2n) is 4.93. The van der Waals surface area contributed by atoms with Crippen LogP contribution in [0.25, 0.3) is 0 Å². The van der Waals surface area contributed by atoms with Crippen LogP contribution in [0.1, 0.15) is 19.3 Å². The molecule has 0 atom stereocenters. The van der Waals surface area contributed by atoms with Crippen molar-refractivity contribution in [3.05, 3.63) is 0 Å². The van der Waals surface area contributed by atoms with Gasteiger partial charge in [0.1, 0.15) is 0 Å². The molecule has 0 aromatic rings. The number of nitrogens with one attached hydrogen (secondary N) is 2. The smallest absolute Gasteiger partial charge is 0.0917 e. The SMILES string of the molecule is C1CNC2NCCCN3CCCN(C1)C23. The van der Waals surface area contributed by atoms with Crippen LogP contribution in [0.5, 0.6) is 0 Å². The molecule has 0 aromatic heterocycles. The summed E-state index contributed by atoms with van der Waals surface area (Å²) in [5.74, 6) is 0. The Balaban J connectivity index is 1.83. The first-order chi connectivity index (χ1) is 7.45. The fourth-order valence-corrected chi connectivity index (χ4v) is 3.24. The molecule has 0 bridgehead atoms. The van der Waals surface area contributed by atoms with Gasteiger partial charge in [0.2, 0.25) is 0 Å². The van der Waals surface area contributed by atoms with Gasteiger partial charge in [-0.15, -0.1) is 0 Å². The maximum Gasteiger partial charge on any atom is 0.0917 e. The van der Waals surface area contributed by atoms with Gasteiger partial charge in [-0.2, -0.15) is 0 Å². The second-order valence-corrected chi connectivity index (χ2v) is 4.93. The molecule has 3 saturated heterocycles. The maximum absolute atomic E-state index is 3.66. The first-order valence-electron chi connectivity index (χ1n) is 6.40. The third kappa shape index (κ3) is 1.91. The van der Waals surface area contributed by atoms with Gasteiger partial charge < -0.3 is 0 Å². The number of rotatable bonds is 0. The topological polar surface area (TPSA) is 30.5 Å². The van der Waals surface area contributed by atoms with Gasteiger partial charge in [0, 0.05) is 26.2 Å². The molecule has 0 amide bonds. The zero-order chi connectivity index (χ0) is 10.1. The highest BCUT2D eigenvalue weighted by molar-refractivity contribution is 4.91. The van der Waals surface area contributed by atoms with Crippen molar-refractivity contribution in [2.24, 2.45) is 0 Å². The van der Waals surface area contributed by atoms with Gasteiger partial charge in [0.15, 0.2) is 0 Å². The van der Waals surface area contributed by atoms with Gasteiger partial charge >= 0.3 is 0 Å². The summed E-state index contributed by atoms with van der Waals surface area (Å²) >= 11 is 0. The summed E-state index contributed by atoms with van der Waals surface area (Å²) in [5.41, 5.74) is 0. The molecule has 15 heavy (non-hydrogen) atoms. The fraction of sp³-hybridized carbons (Fsp3) is 1.00. The van der Waals surface area contributed by atoms with E-state index in [-0.39, 0.29) is 0 Å². The molecular formula is C11H22N4. The van der Waals surface area contributed by atoms with Crippen LogP contribution >= 0.6 is 0 Å². The van der Waals surface area contributed by atoms with Crippen molar-refractivity contribution in [3.63, 3.8) is 0 Å². The zero-order valence-electron chi connectivity index (χ0n) is 9.41. The first-order valence-corrected chi connectivity index (χ1v) is 6.40. The summed E-state index contributed by atoms with van der Waals surface area (Å²) in [6, 6.07) is 0. The van der Waals surface area contributed by atoms with Gasteiger partial charge in [-0.3, -0.25) is 20.4 Å². The van der Waals surface area contributed by atoms with Crippen molar-refractivity contribution in [3.8, 4) is 0 Å². The summed E-state index contributed by atoms with van der Waals surface area (Å²) in [7, 11) is 0. The Morgan fingerprint density at radius 3 is 1.87 bits per heavy atom. The molecule has 0 aromatic carbocycles. The summed E-state index contributed by atoms with van der Waals surface area (Å²) < 4.78 is 0. The second kappa shape index (κ2) is 4.37. The highest BCUT2D eigenvalue weighted by Crippen LogP contribution is 2.20. The van der Waals surface area contributed by atoms with Gasteiger partial charge in [-0.1, -0.05) is 0 Å². The number of hydrogen-bond donors (Lipinski definition) is 2. The van der Waals surface area contributed by atoms with Gasteiger partial charge in [-0.25, -0.2) is 0 Å². The number of hydrogen-bond acceptors (Lipinski definition) is 4. The van der Waals surface area contributed by atoms with E-state index in [0.717, 1.165) is 0 Å². The summed E-state index contributed by atoms with van der Waals surface area (Å²) in [5, 5.41) is 7.32. The van der Waals surface area contributed by atoms with Crippen LogP contribution in [0, 0.1) is 0 Å². The molecule has 0 unspecified atom stereocenters. The van der Waals surface area contributed by atoms with Crippen LogP contribution < -0.4 is 10.6 Å². The average Bonchev–Trinajstić information content (AvgIpc) is 2.58. The fourth-order valence-electron chi connectivity index (χ4n) is 3.24. The minimum atomic E-state index is 0.496. The quantitative estimate of drug-likeness (QED) is 0.571. The maximum atomic E-state index is 3.66. The molecule has 86 valence electrons. The zero-order valence-corrected chi connectivity index (χ0v) is 9.41. The predicted molar refractivity (Wildman–Crippen MR) is 60.6 cm³/mol. The molecule has 4 nitrogen and oxygen atoms in total. The summed E-state index contributed by atoms with van der Waals surface area (Å²) in [4.78, 5) is 5.35. The molecule has 3 heterocycles. The van der Waals surface area contributed by atoms with E-state index in [1.807, 2.05) is 0 Å². The van der Waals surface area contributed by atoms with E-state index < -0.39 is 0 Å². The average molecular weight is 210 g/mol. The van der Waals surface area contributed by atoms with Crippen molar-refractivity contribution in [2.45, 2.75) is 31.6 Å². The molecular weight excluding hydrogens is 188 g/mol. The lowest BCUT2D eigenvalue weighted by molar-refractivity contribution is -0.00710. The standard InChI is InChI=1S/C11H22N4/c1-4-12-10-11-14(6-1)8-3-9-15(11)7-2-5-13-10/h10-13H,1-9H2. The molecule has 2 N–H and O–H groups in total. The Hall–Kier alpha value is -0.160. The molecule has 0 radical (unpaired) electrons. The molecule has 3 aliphatic rings. The molecule has 4 heteroatoms. The van der Waals surface area contributed by atoms with Gasteiger partial charge in [0.05, 0.1) is 12.3 Å². The molecule has 0 saturated carbocycles. The van der Waals surface area contributed by atoms with Crippen molar-refractivity contribution >= 4 is 0 Å². The Kier molecular flexibility index (Phi) is 2.92. The molecule has 0 spiro atoms. The van der Waals surface area contributed by atoms with Crippen LogP contribution in [0.2, 0.25) is 0 Å². The van der Waals surface area contributed by atoms with E-state index in [4.69, 9.17) is 0 Å². The molecule has 0 aliphatic carbocycles. The molecule has 3 aliphatic heterocycles. The van der Waals surface area contributed by atoms with E-state index in [2.05, 4.69) is 20.4 Å². The van der Waals surface area contributed by atoms with Crippen LogP contribution in [0.3, 0.4) is 0 Å². The highest BCUT2D eigenvalue weighted by Gasteiger charge is 2.37. The van der Waals surface area contributed by atoms with Crippen LogP contribution in [0.4, 0.5) is 0 Å². The largest absolute Gasteiger partial charge is 0.299 e. The van der Waals surface area contributed by atoms with Crippen molar-refractivity contribution in [1.29, 1.82) is 0 Å². The van der Waals surface area contributed by atoms with Crippen molar-refractivity contribution in [1.82, 2.24) is 20.4 Å². The van der Waals surface area contributed by atoms with E-state index in [1.165, 1.54) is 58.5 Å². The van der Waals surface area contributed by atoms with Crippen molar-refractivity contribution < 1.29 is 0 Å². The summed E-state index contributed by atoms with van der Waals surface area (Å²) in [6.45, 7) is 7.46. The van der Waals surface area contributed by atoms with E-state index in [0.29, 0.717) is 12.3 Å². The normalized spacial score (nSPS) is 39.2. The number of nitrogens with zero attached hydrogens (tertiary/aromatic N) is 2. The minimum absolute atomic E-state index is 0.496. The monoisotopic (exact) mass is 210 g/mol. The van der Waals surface area contributed by atoms with Crippen molar-refractivity contribution in [2.75, 3.05) is 39.3 Å². The Morgan fingerprint density at radius 2 is 1.27 bits per heavy atom. The van der Waals surface area contributed by atoms with Crippen LogP contribution in [-0.2, 0) is 0 Å². The minimum Gasteiger partial charge on any atom is -0.299 e. The third-order valence-corrected chi connectivity index (χ3v) is 3.91. The highest BCUT2D eigenvalue weighted by atomic mass is 15.4. The van der Waals surface area contributed by atoms with E-state index in [9.17, 15) is 0 Å². The van der Waals surface area contributed by atoms with E-state index >= 15 is 0 Å². The third-order valence-electron chi connectivity index (χ3n) is 3.91. The molecule has 3 fully saturated rings. The lowest BCUT2D eigenvalue weighted by atomic mass is 10.2. The Bertz CT molecular complexity index is 201.